The number of hydrogen-bond donors (Lipinski definition) is 0. The van der Waals surface area contributed by atoms with E-state index in [9.17, 15) is 0 Å². The summed E-state index contributed by atoms with van der Waals surface area (Å²) in [6.45, 7) is 30.1. The van der Waals surface area contributed by atoms with Gasteiger partial charge < -0.3 is 22.2 Å². The molecule has 0 saturated heterocycles. The Kier molecular flexibility index (Phi) is 29.0. The van der Waals surface area contributed by atoms with E-state index in [0.717, 1.165) is 45.9 Å². The van der Waals surface area contributed by atoms with E-state index in [1.807, 2.05) is 86.7 Å². The third-order valence-corrected chi connectivity index (χ3v) is 13.0. The summed E-state index contributed by atoms with van der Waals surface area (Å²) in [5, 5.41) is 8.96. The summed E-state index contributed by atoms with van der Waals surface area (Å²) in [6, 6.07) is 35.4. The minimum Gasteiger partial charge on any atom is -0.472 e. The quantitative estimate of drug-likeness (QED) is 0.144. The van der Waals surface area contributed by atoms with E-state index in [4.69, 9.17) is 17.7 Å². The van der Waals surface area contributed by atoms with Gasteiger partial charge in [-0.15, -0.1) is 11.3 Å². The molecule has 0 saturated carbocycles. The van der Waals surface area contributed by atoms with Crippen molar-refractivity contribution in [2.45, 2.75) is 104 Å². The number of hydrogen-bond acceptors (Lipinski definition) is 12. The number of aromatic nitrogens is 7. The van der Waals surface area contributed by atoms with E-state index in [1.165, 1.54) is 66.5 Å². The fourth-order valence-electron chi connectivity index (χ4n) is 6.28. The Morgan fingerprint density at radius 1 is 0.481 bits per heavy atom. The van der Waals surface area contributed by atoms with Gasteiger partial charge in [0.25, 0.3) is 0 Å². The van der Waals surface area contributed by atoms with Crippen LogP contribution in [-0.4, -0.2) is 34.5 Å². The number of furan rings is 2. The molecule has 404 valence electrons. The zero-order valence-electron chi connectivity index (χ0n) is 47.8. The van der Waals surface area contributed by atoms with E-state index in [2.05, 4.69) is 177 Å². The summed E-state index contributed by atoms with van der Waals surface area (Å²) < 4.78 is 21.2. The molecular weight excluding hydrogens is 995 g/mol. The molecule has 0 fully saturated rings. The first-order chi connectivity index (χ1) is 36.9. The number of thiophene rings is 2. The van der Waals surface area contributed by atoms with Gasteiger partial charge in [-0.25, -0.2) is 29.9 Å². The summed E-state index contributed by atoms with van der Waals surface area (Å²) in [5.74, 6) is 3.39. The predicted octanol–water partition coefficient (Wildman–Crippen LogP) is 18.0. The molecule has 0 bridgehead atoms. The smallest absolute Gasteiger partial charge is 0.190 e. The molecule has 0 radical (unpaired) electrons. The second-order valence-electron chi connectivity index (χ2n) is 17.7. The molecule has 0 atom stereocenters. The largest absolute Gasteiger partial charge is 0.472 e. The molecule has 0 unspecified atom stereocenters. The van der Waals surface area contributed by atoms with Gasteiger partial charge in [0.15, 0.2) is 12.3 Å². The van der Waals surface area contributed by atoms with Crippen LogP contribution in [0.2, 0.25) is 0 Å². The van der Waals surface area contributed by atoms with Crippen LogP contribution in [0.25, 0.3) is 21.8 Å². The first-order valence-electron chi connectivity index (χ1n) is 25.0. The Bertz CT molecular complexity index is 2970. The highest BCUT2D eigenvalue weighted by atomic mass is 32.1. The normalized spacial score (nSPS) is 9.56. The minimum absolute atomic E-state index is 0.718. The summed E-state index contributed by atoms with van der Waals surface area (Å²) in [4.78, 5) is 25.0. The molecule has 11 nitrogen and oxygen atoms in total. The Hall–Kier alpha value is -8.00. The van der Waals surface area contributed by atoms with Crippen molar-refractivity contribution >= 4 is 44.5 Å². The molecule has 9 aromatic heterocycles. The third-order valence-electron chi connectivity index (χ3n) is 11.4. The fourth-order valence-corrected chi connectivity index (χ4v) is 7.47. The lowest BCUT2D eigenvalue weighted by Crippen LogP contribution is -1.92. The second kappa shape index (κ2) is 35.3. The first kappa shape index (κ1) is 63.3. The number of aryl methyl sites for hydroxylation is 14. The second-order valence-corrected chi connectivity index (χ2v) is 19.6. The van der Waals surface area contributed by atoms with Crippen LogP contribution < -0.4 is 0 Å². The molecule has 12 rings (SSSR count). The van der Waals surface area contributed by atoms with E-state index < -0.39 is 0 Å². The van der Waals surface area contributed by atoms with Gasteiger partial charge in [-0.3, -0.25) is 0 Å². The molecule has 12 aromatic rings. The van der Waals surface area contributed by atoms with Gasteiger partial charge in [-0.2, -0.15) is 11.3 Å². The monoisotopic (exact) mass is 1070 g/mol. The molecule has 0 spiro atoms. The molecule has 9 heterocycles. The molecule has 77 heavy (non-hydrogen) atoms. The van der Waals surface area contributed by atoms with Gasteiger partial charge in [-0.1, -0.05) is 60.7 Å². The lowest BCUT2D eigenvalue weighted by molar-refractivity contribution is 0.521. The molecule has 0 aliphatic carbocycles. The van der Waals surface area contributed by atoms with Crippen LogP contribution in [0, 0.1) is 104 Å². The zero-order valence-corrected chi connectivity index (χ0v) is 49.5. The molecule has 0 aliphatic heterocycles. The van der Waals surface area contributed by atoms with E-state index in [-0.39, 0.29) is 0 Å². The lowest BCUT2D eigenvalue weighted by Gasteiger charge is -2.00. The van der Waals surface area contributed by atoms with E-state index >= 15 is 0 Å². The third kappa shape index (κ3) is 24.9. The number of oxazole rings is 2. The van der Waals surface area contributed by atoms with Gasteiger partial charge in [0.05, 0.1) is 31.2 Å². The van der Waals surface area contributed by atoms with Crippen molar-refractivity contribution in [3.05, 3.63) is 260 Å². The van der Waals surface area contributed by atoms with Gasteiger partial charge in [0, 0.05) is 63.9 Å². The number of rotatable bonds is 0. The van der Waals surface area contributed by atoms with Crippen LogP contribution in [0.5, 0.6) is 0 Å². The van der Waals surface area contributed by atoms with Gasteiger partial charge in [0.2, 0.25) is 0 Å². The average molecular weight is 1070 g/mol. The first-order valence-corrected chi connectivity index (χ1v) is 26.9. The highest BCUT2D eigenvalue weighted by Crippen LogP contribution is 2.27. The van der Waals surface area contributed by atoms with Crippen LogP contribution in [0.1, 0.15) is 84.1 Å². The van der Waals surface area contributed by atoms with Crippen LogP contribution >= 0.6 is 22.7 Å². The Morgan fingerprint density at radius 3 is 1.43 bits per heavy atom. The van der Waals surface area contributed by atoms with Crippen molar-refractivity contribution in [3.63, 3.8) is 0 Å². The molecule has 0 amide bonds. The number of para-hydroxylation sites is 2. The topological polar surface area (TPSA) is 135 Å². The Labute approximate surface area is 464 Å². The summed E-state index contributed by atoms with van der Waals surface area (Å²) in [5.41, 5.74) is 14.9. The van der Waals surface area contributed by atoms with Crippen LogP contribution in [0.4, 0.5) is 0 Å². The summed E-state index contributed by atoms with van der Waals surface area (Å²) in [7, 11) is 2.12. The maximum Gasteiger partial charge on any atom is 0.190 e. The number of benzene rings is 3. The molecule has 0 N–H and O–H groups in total. The van der Waals surface area contributed by atoms with Crippen molar-refractivity contribution in [1.82, 2.24) is 34.5 Å². The number of fused-ring (bicyclic) bond motifs is 3. The molecular formula is C64H77N7O4S2. The SMILES string of the molecule is Cc1cccc(C)c1C.Cc1ccco1.Cc1cccs1.Cc1ccoc1.Cc1ccsc1.Cc1cnco1.Cc1ncc(C)c(C)n1.Cc1ncco1.Cc1ncnc(C)c1C.Cn1c2ccccc2c2ccccc21. The minimum atomic E-state index is 0.718. The van der Waals surface area contributed by atoms with Crippen molar-refractivity contribution in [2.75, 3.05) is 0 Å². The van der Waals surface area contributed by atoms with Crippen molar-refractivity contribution in [3.8, 4) is 0 Å². The molecule has 0 aliphatic rings. The lowest BCUT2D eigenvalue weighted by atomic mass is 10.1. The molecule has 3 aromatic carbocycles. The Morgan fingerprint density at radius 2 is 1.13 bits per heavy atom. The van der Waals surface area contributed by atoms with Crippen LogP contribution in [0.15, 0.2) is 193 Å². The van der Waals surface area contributed by atoms with Crippen molar-refractivity contribution in [2.24, 2.45) is 7.05 Å². The maximum absolute atomic E-state index is 4.83. The maximum atomic E-state index is 4.83. The van der Waals surface area contributed by atoms with Gasteiger partial charge in [-0.05, 0) is 194 Å². The highest BCUT2D eigenvalue weighted by molar-refractivity contribution is 7.09. The Balaban J connectivity index is 0.000000229. The zero-order chi connectivity index (χ0) is 56.5. The van der Waals surface area contributed by atoms with Crippen LogP contribution in [0.3, 0.4) is 0 Å². The predicted molar refractivity (Wildman–Crippen MR) is 321 cm³/mol. The van der Waals surface area contributed by atoms with Gasteiger partial charge >= 0.3 is 0 Å². The number of nitrogens with zero attached hydrogens (tertiary/aromatic N) is 7. The standard InChI is InChI=1S/C13H11N.C9H12.2C7H10N2.2C5H6O.2C5H6S.2C4H5NO/c1-14-12-8-4-2-6-10(12)11-7-3-5-9-13(11)14;1-7-5-4-6-8(2)9(7)3;1-5-6(2)8-4-9-7(5)3;1-5-4-8-7(3)9-6(5)2;1-5-2-3-6-4-5;1-5-3-2-4-6-5;1-5-2-3-6-4-5;1-5-3-2-4-6-5;1-4-2-5-3-6-4;1-4-5-2-3-6-4/h2-9H,1H3;4-6H,1-3H3;2*4H,1-3H3;4*2-4H,1H3;2*2-3H,1H3. The fraction of sp³-hybridized carbons (Fsp3) is 0.250. The summed E-state index contributed by atoms with van der Waals surface area (Å²) >= 11 is 3.52. The van der Waals surface area contributed by atoms with E-state index in [0.29, 0.717) is 0 Å². The highest BCUT2D eigenvalue weighted by Gasteiger charge is 2.05. The van der Waals surface area contributed by atoms with E-state index in [1.54, 1.807) is 73.4 Å². The summed E-state index contributed by atoms with van der Waals surface area (Å²) in [6.07, 6.45) is 14.7. The molecule has 13 heteroatoms. The van der Waals surface area contributed by atoms with Crippen molar-refractivity contribution in [1.29, 1.82) is 0 Å². The van der Waals surface area contributed by atoms with Gasteiger partial charge in [0.1, 0.15) is 29.9 Å². The average Bonchev–Trinajstić information content (AvgIpc) is 4.32. The van der Waals surface area contributed by atoms with Crippen LogP contribution in [-0.2, 0) is 7.05 Å². The van der Waals surface area contributed by atoms with Crippen molar-refractivity contribution < 1.29 is 17.7 Å².